The summed E-state index contributed by atoms with van der Waals surface area (Å²) in [5.41, 5.74) is 2.67. The SMILES string of the molecule is CCc1cnc(CCNC(=NC)NCc2ccc(CN3CCCC3)cc2)s1. The van der Waals surface area contributed by atoms with Crippen molar-refractivity contribution in [1.29, 1.82) is 0 Å². The standard InChI is InChI=1S/C21H31N5S/c1-3-19-15-24-20(27-19)10-11-23-21(22-2)25-14-17-6-8-18(9-7-17)16-26-12-4-5-13-26/h6-9,15H,3-5,10-14,16H2,1-2H3,(H2,22,23,25). The van der Waals surface area contributed by atoms with Gasteiger partial charge in [-0.25, -0.2) is 4.98 Å². The fourth-order valence-corrected chi connectivity index (χ4v) is 4.14. The van der Waals surface area contributed by atoms with Crippen LogP contribution in [0, 0.1) is 0 Å². The highest BCUT2D eigenvalue weighted by Gasteiger charge is 2.11. The lowest BCUT2D eigenvalue weighted by Gasteiger charge is -2.15. The third-order valence-electron chi connectivity index (χ3n) is 4.89. The number of hydrogen-bond donors (Lipinski definition) is 2. The highest BCUT2D eigenvalue weighted by molar-refractivity contribution is 7.11. The van der Waals surface area contributed by atoms with E-state index in [4.69, 9.17) is 0 Å². The molecule has 0 unspecified atom stereocenters. The summed E-state index contributed by atoms with van der Waals surface area (Å²) < 4.78 is 0. The second-order valence-corrected chi connectivity index (χ2v) is 8.18. The third kappa shape index (κ3) is 6.33. The summed E-state index contributed by atoms with van der Waals surface area (Å²) in [6.45, 7) is 7.35. The van der Waals surface area contributed by atoms with Gasteiger partial charge in [-0.1, -0.05) is 31.2 Å². The molecule has 1 aromatic heterocycles. The van der Waals surface area contributed by atoms with Crippen molar-refractivity contribution >= 4 is 17.3 Å². The number of likely N-dealkylation sites (tertiary alicyclic amines) is 1. The van der Waals surface area contributed by atoms with Gasteiger partial charge in [0.2, 0.25) is 0 Å². The van der Waals surface area contributed by atoms with Gasteiger partial charge < -0.3 is 10.6 Å². The van der Waals surface area contributed by atoms with E-state index < -0.39 is 0 Å². The number of hydrogen-bond acceptors (Lipinski definition) is 4. The Hall–Kier alpha value is -1.92. The average Bonchev–Trinajstić information content (AvgIpc) is 3.37. The molecule has 1 aromatic carbocycles. The first-order valence-electron chi connectivity index (χ1n) is 9.95. The van der Waals surface area contributed by atoms with Crippen molar-refractivity contribution in [1.82, 2.24) is 20.5 Å². The van der Waals surface area contributed by atoms with Crippen LogP contribution < -0.4 is 10.6 Å². The Labute approximate surface area is 166 Å². The molecule has 2 heterocycles. The van der Waals surface area contributed by atoms with Crippen LogP contribution in [0.5, 0.6) is 0 Å². The quantitative estimate of drug-likeness (QED) is 0.541. The number of nitrogens with one attached hydrogen (secondary N) is 2. The zero-order valence-corrected chi connectivity index (χ0v) is 17.3. The lowest BCUT2D eigenvalue weighted by molar-refractivity contribution is 0.331. The molecular weight excluding hydrogens is 354 g/mol. The molecule has 2 N–H and O–H groups in total. The Balaban J connectivity index is 1.39. The van der Waals surface area contributed by atoms with Gasteiger partial charge in [0.1, 0.15) is 0 Å². The Bertz CT molecular complexity index is 716. The minimum Gasteiger partial charge on any atom is -0.356 e. The smallest absolute Gasteiger partial charge is 0.191 e. The summed E-state index contributed by atoms with van der Waals surface area (Å²) in [5.74, 6) is 0.836. The summed E-state index contributed by atoms with van der Waals surface area (Å²) in [4.78, 5) is 12.7. The summed E-state index contributed by atoms with van der Waals surface area (Å²) in [7, 11) is 1.81. The van der Waals surface area contributed by atoms with E-state index in [1.165, 1.54) is 46.9 Å². The second-order valence-electron chi connectivity index (χ2n) is 6.98. The van der Waals surface area contributed by atoms with Gasteiger partial charge >= 0.3 is 0 Å². The van der Waals surface area contributed by atoms with Crippen molar-refractivity contribution in [2.45, 2.75) is 45.7 Å². The topological polar surface area (TPSA) is 52.6 Å². The van der Waals surface area contributed by atoms with Crippen LogP contribution in [-0.4, -0.2) is 42.5 Å². The van der Waals surface area contributed by atoms with Gasteiger partial charge in [-0.05, 0) is 43.5 Å². The Kier molecular flexibility index (Phi) is 7.66. The van der Waals surface area contributed by atoms with Crippen LogP contribution in [0.15, 0.2) is 35.5 Å². The van der Waals surface area contributed by atoms with Crippen LogP contribution in [0.2, 0.25) is 0 Å². The van der Waals surface area contributed by atoms with Crippen molar-refractivity contribution < 1.29 is 0 Å². The molecule has 0 aliphatic carbocycles. The number of thiazole rings is 1. The molecule has 0 atom stereocenters. The molecular formula is C21H31N5S. The molecule has 0 amide bonds. The number of aryl methyl sites for hydroxylation is 1. The van der Waals surface area contributed by atoms with Gasteiger partial charge in [0, 0.05) is 44.2 Å². The predicted molar refractivity (Wildman–Crippen MR) is 114 cm³/mol. The molecule has 2 aromatic rings. The van der Waals surface area contributed by atoms with Crippen LogP contribution in [0.1, 0.15) is 40.8 Å². The predicted octanol–water partition coefficient (Wildman–Crippen LogP) is 3.21. The van der Waals surface area contributed by atoms with Gasteiger partial charge in [-0.2, -0.15) is 0 Å². The molecule has 146 valence electrons. The van der Waals surface area contributed by atoms with Crippen molar-refractivity contribution in [3.8, 4) is 0 Å². The second kappa shape index (κ2) is 10.4. The zero-order valence-electron chi connectivity index (χ0n) is 16.5. The van der Waals surface area contributed by atoms with Gasteiger partial charge in [-0.15, -0.1) is 11.3 Å². The molecule has 3 rings (SSSR count). The third-order valence-corrected chi connectivity index (χ3v) is 6.09. The lowest BCUT2D eigenvalue weighted by Crippen LogP contribution is -2.37. The summed E-state index contributed by atoms with van der Waals surface area (Å²) >= 11 is 1.80. The molecule has 0 radical (unpaired) electrons. The van der Waals surface area contributed by atoms with E-state index in [0.717, 1.165) is 38.4 Å². The first kappa shape index (κ1) is 19.8. The monoisotopic (exact) mass is 385 g/mol. The number of guanidine groups is 1. The zero-order chi connectivity index (χ0) is 18.9. The highest BCUT2D eigenvalue weighted by atomic mass is 32.1. The molecule has 1 fully saturated rings. The fourth-order valence-electron chi connectivity index (χ4n) is 3.28. The van der Waals surface area contributed by atoms with E-state index in [1.807, 2.05) is 13.2 Å². The first-order valence-corrected chi connectivity index (χ1v) is 10.8. The Morgan fingerprint density at radius 3 is 2.56 bits per heavy atom. The number of rotatable bonds is 8. The van der Waals surface area contributed by atoms with Gasteiger partial charge in [0.25, 0.3) is 0 Å². The molecule has 27 heavy (non-hydrogen) atoms. The largest absolute Gasteiger partial charge is 0.356 e. The molecule has 1 aliphatic heterocycles. The molecule has 0 spiro atoms. The molecule has 0 saturated carbocycles. The van der Waals surface area contributed by atoms with E-state index in [0.29, 0.717) is 0 Å². The molecule has 5 nitrogen and oxygen atoms in total. The first-order chi connectivity index (χ1) is 13.3. The maximum atomic E-state index is 4.46. The molecule has 0 bridgehead atoms. The molecule has 6 heteroatoms. The highest BCUT2D eigenvalue weighted by Crippen LogP contribution is 2.14. The van der Waals surface area contributed by atoms with E-state index in [9.17, 15) is 0 Å². The number of benzene rings is 1. The van der Waals surface area contributed by atoms with Crippen LogP contribution in [0.25, 0.3) is 0 Å². The minimum absolute atomic E-state index is 0.779. The van der Waals surface area contributed by atoms with Crippen molar-refractivity contribution in [3.05, 3.63) is 51.5 Å². The summed E-state index contributed by atoms with van der Waals surface area (Å²) in [6.07, 6.45) is 6.66. The maximum absolute atomic E-state index is 4.46. The maximum Gasteiger partial charge on any atom is 0.191 e. The molecule has 1 aliphatic rings. The van der Waals surface area contributed by atoms with E-state index >= 15 is 0 Å². The minimum atomic E-state index is 0.779. The number of aromatic nitrogens is 1. The fraction of sp³-hybridized carbons (Fsp3) is 0.524. The number of nitrogens with zero attached hydrogens (tertiary/aromatic N) is 3. The Morgan fingerprint density at radius 2 is 1.89 bits per heavy atom. The average molecular weight is 386 g/mol. The van der Waals surface area contributed by atoms with Gasteiger partial charge in [-0.3, -0.25) is 9.89 Å². The van der Waals surface area contributed by atoms with Crippen LogP contribution in [-0.2, 0) is 25.9 Å². The van der Waals surface area contributed by atoms with E-state index in [-0.39, 0.29) is 0 Å². The normalized spacial score (nSPS) is 15.3. The van der Waals surface area contributed by atoms with Gasteiger partial charge in [0.05, 0.1) is 5.01 Å². The molecule has 1 saturated heterocycles. The lowest BCUT2D eigenvalue weighted by atomic mass is 10.1. The van der Waals surface area contributed by atoms with E-state index in [2.05, 4.69) is 56.7 Å². The van der Waals surface area contributed by atoms with Crippen molar-refractivity contribution in [3.63, 3.8) is 0 Å². The summed E-state index contributed by atoms with van der Waals surface area (Å²) in [6, 6.07) is 8.93. The van der Waals surface area contributed by atoms with E-state index in [1.54, 1.807) is 11.3 Å². The Morgan fingerprint density at radius 1 is 1.15 bits per heavy atom. The van der Waals surface area contributed by atoms with Crippen LogP contribution in [0.3, 0.4) is 0 Å². The van der Waals surface area contributed by atoms with Crippen LogP contribution in [0.4, 0.5) is 0 Å². The van der Waals surface area contributed by atoms with Crippen molar-refractivity contribution in [2.75, 3.05) is 26.7 Å². The summed E-state index contributed by atoms with van der Waals surface area (Å²) in [5, 5.41) is 7.95. The van der Waals surface area contributed by atoms with Crippen molar-refractivity contribution in [2.24, 2.45) is 4.99 Å². The number of aliphatic imine (C=N–C) groups is 1. The van der Waals surface area contributed by atoms with Crippen LogP contribution >= 0.6 is 11.3 Å². The van der Waals surface area contributed by atoms with Gasteiger partial charge in [0.15, 0.2) is 5.96 Å².